The summed E-state index contributed by atoms with van der Waals surface area (Å²) in [5, 5.41) is 0. The molecule has 1 aromatic rings. The molecule has 1 aliphatic rings. The normalized spacial score (nSPS) is 19.6. The molecule has 0 radical (unpaired) electrons. The standard InChI is InChI=1S/C13H17ClN2O/c14-7-1-3-12-4-2-10-16(12)13(17)11-5-8-15-9-6-11/h5-6,8-9,12H,1-4,7,10H2. The number of rotatable bonds is 4. The van der Waals surface area contributed by atoms with Gasteiger partial charge in [-0.2, -0.15) is 0 Å². The van der Waals surface area contributed by atoms with E-state index in [2.05, 4.69) is 4.98 Å². The van der Waals surface area contributed by atoms with E-state index in [4.69, 9.17) is 11.6 Å². The minimum Gasteiger partial charge on any atom is -0.336 e. The lowest BCUT2D eigenvalue weighted by Crippen LogP contribution is -2.35. The minimum atomic E-state index is 0.129. The molecular formula is C13H17ClN2O. The second-order valence-electron chi connectivity index (χ2n) is 4.36. The maximum Gasteiger partial charge on any atom is 0.254 e. The fourth-order valence-electron chi connectivity index (χ4n) is 2.38. The van der Waals surface area contributed by atoms with Gasteiger partial charge in [0.1, 0.15) is 0 Å². The third-order valence-corrected chi connectivity index (χ3v) is 3.50. The lowest BCUT2D eigenvalue weighted by Gasteiger charge is -2.24. The van der Waals surface area contributed by atoms with E-state index in [0.717, 1.165) is 37.8 Å². The van der Waals surface area contributed by atoms with E-state index in [1.807, 2.05) is 4.90 Å². The first-order valence-corrected chi connectivity index (χ1v) is 6.63. The molecule has 0 bridgehead atoms. The Bertz CT molecular complexity index is 369. The summed E-state index contributed by atoms with van der Waals surface area (Å²) >= 11 is 5.71. The summed E-state index contributed by atoms with van der Waals surface area (Å²) in [4.78, 5) is 18.2. The van der Waals surface area contributed by atoms with E-state index in [9.17, 15) is 4.79 Å². The third kappa shape index (κ3) is 2.97. The van der Waals surface area contributed by atoms with Gasteiger partial charge in [-0.05, 0) is 37.8 Å². The molecule has 3 nitrogen and oxygen atoms in total. The van der Waals surface area contributed by atoms with Crippen LogP contribution in [0.4, 0.5) is 0 Å². The van der Waals surface area contributed by atoms with Crippen molar-refractivity contribution in [3.8, 4) is 0 Å². The number of likely N-dealkylation sites (tertiary alicyclic amines) is 1. The predicted molar refractivity (Wildman–Crippen MR) is 68.2 cm³/mol. The predicted octanol–water partition coefficient (Wildman–Crippen LogP) is 2.71. The van der Waals surface area contributed by atoms with Crippen LogP contribution in [0.1, 0.15) is 36.0 Å². The third-order valence-electron chi connectivity index (χ3n) is 3.24. The molecule has 0 saturated carbocycles. The van der Waals surface area contributed by atoms with E-state index >= 15 is 0 Å². The van der Waals surface area contributed by atoms with Gasteiger partial charge in [0.25, 0.3) is 5.91 Å². The molecule has 1 atom stereocenters. The van der Waals surface area contributed by atoms with Gasteiger partial charge in [-0.1, -0.05) is 0 Å². The molecule has 2 rings (SSSR count). The molecule has 1 saturated heterocycles. The molecule has 0 N–H and O–H groups in total. The van der Waals surface area contributed by atoms with Crippen LogP contribution in [0.3, 0.4) is 0 Å². The molecular weight excluding hydrogens is 236 g/mol. The number of carbonyl (C=O) groups is 1. The smallest absolute Gasteiger partial charge is 0.254 e. The van der Waals surface area contributed by atoms with Crippen molar-refractivity contribution >= 4 is 17.5 Å². The number of carbonyl (C=O) groups excluding carboxylic acids is 1. The molecule has 1 unspecified atom stereocenters. The van der Waals surface area contributed by atoms with Crippen LogP contribution in [0, 0.1) is 0 Å². The van der Waals surface area contributed by atoms with Crippen LogP contribution >= 0.6 is 11.6 Å². The number of nitrogens with zero attached hydrogens (tertiary/aromatic N) is 2. The Hall–Kier alpha value is -1.09. The topological polar surface area (TPSA) is 33.2 Å². The van der Waals surface area contributed by atoms with Crippen molar-refractivity contribution in [3.05, 3.63) is 30.1 Å². The van der Waals surface area contributed by atoms with Crippen LogP contribution in [-0.2, 0) is 0 Å². The Morgan fingerprint density at radius 2 is 2.24 bits per heavy atom. The van der Waals surface area contributed by atoms with E-state index in [1.165, 1.54) is 0 Å². The summed E-state index contributed by atoms with van der Waals surface area (Å²) in [6, 6.07) is 3.92. The van der Waals surface area contributed by atoms with Crippen molar-refractivity contribution in [2.75, 3.05) is 12.4 Å². The molecule has 1 aliphatic heterocycles. The Balaban J connectivity index is 2.03. The Kier molecular flexibility index (Phi) is 4.37. The fourth-order valence-corrected chi connectivity index (χ4v) is 2.53. The first kappa shape index (κ1) is 12.4. The maximum absolute atomic E-state index is 12.3. The zero-order valence-electron chi connectivity index (χ0n) is 9.81. The maximum atomic E-state index is 12.3. The average molecular weight is 253 g/mol. The molecule has 92 valence electrons. The number of hydrogen-bond donors (Lipinski definition) is 0. The fraction of sp³-hybridized carbons (Fsp3) is 0.538. The van der Waals surface area contributed by atoms with Crippen LogP contribution in [0.15, 0.2) is 24.5 Å². The van der Waals surface area contributed by atoms with Crippen molar-refractivity contribution in [2.24, 2.45) is 0 Å². The highest BCUT2D eigenvalue weighted by molar-refractivity contribution is 6.17. The largest absolute Gasteiger partial charge is 0.336 e. The van der Waals surface area contributed by atoms with Gasteiger partial charge in [0.05, 0.1) is 0 Å². The Morgan fingerprint density at radius 1 is 1.47 bits per heavy atom. The van der Waals surface area contributed by atoms with Crippen LogP contribution in [-0.4, -0.2) is 34.3 Å². The van der Waals surface area contributed by atoms with Crippen molar-refractivity contribution in [3.63, 3.8) is 0 Å². The molecule has 1 fully saturated rings. The summed E-state index contributed by atoms with van der Waals surface area (Å²) in [7, 11) is 0. The van der Waals surface area contributed by atoms with Gasteiger partial charge in [0, 0.05) is 36.4 Å². The number of alkyl halides is 1. The van der Waals surface area contributed by atoms with Gasteiger partial charge in [0.15, 0.2) is 0 Å². The molecule has 2 heterocycles. The quantitative estimate of drug-likeness (QED) is 0.772. The highest BCUT2D eigenvalue weighted by Crippen LogP contribution is 2.23. The van der Waals surface area contributed by atoms with Gasteiger partial charge in [-0.15, -0.1) is 11.6 Å². The van der Waals surface area contributed by atoms with Crippen molar-refractivity contribution in [1.29, 1.82) is 0 Å². The summed E-state index contributed by atoms with van der Waals surface area (Å²) in [5.74, 6) is 0.804. The van der Waals surface area contributed by atoms with E-state index in [0.29, 0.717) is 11.9 Å². The van der Waals surface area contributed by atoms with Gasteiger partial charge < -0.3 is 4.90 Å². The summed E-state index contributed by atoms with van der Waals surface area (Å²) in [6.07, 6.45) is 7.53. The minimum absolute atomic E-state index is 0.129. The first-order valence-electron chi connectivity index (χ1n) is 6.10. The van der Waals surface area contributed by atoms with Crippen LogP contribution in [0.5, 0.6) is 0 Å². The monoisotopic (exact) mass is 252 g/mol. The van der Waals surface area contributed by atoms with Gasteiger partial charge >= 0.3 is 0 Å². The second kappa shape index (κ2) is 6.01. The highest BCUT2D eigenvalue weighted by Gasteiger charge is 2.28. The molecule has 1 aromatic heterocycles. The highest BCUT2D eigenvalue weighted by atomic mass is 35.5. The first-order chi connectivity index (χ1) is 8.33. The van der Waals surface area contributed by atoms with Crippen molar-refractivity contribution in [1.82, 2.24) is 9.88 Å². The number of pyridine rings is 1. The summed E-state index contributed by atoms with van der Waals surface area (Å²) in [6.45, 7) is 0.869. The number of amides is 1. The Labute approximate surface area is 107 Å². The van der Waals surface area contributed by atoms with E-state index in [1.54, 1.807) is 24.5 Å². The zero-order valence-corrected chi connectivity index (χ0v) is 10.6. The van der Waals surface area contributed by atoms with Gasteiger partial charge in [0.2, 0.25) is 0 Å². The molecule has 1 amide bonds. The van der Waals surface area contributed by atoms with E-state index in [-0.39, 0.29) is 5.91 Å². The molecule has 0 spiro atoms. The summed E-state index contributed by atoms with van der Waals surface area (Å²) in [5.41, 5.74) is 0.734. The lowest BCUT2D eigenvalue weighted by atomic mass is 10.1. The van der Waals surface area contributed by atoms with Crippen LogP contribution in [0.2, 0.25) is 0 Å². The molecule has 0 aliphatic carbocycles. The average Bonchev–Trinajstić information content (AvgIpc) is 2.84. The molecule has 4 heteroatoms. The second-order valence-corrected chi connectivity index (χ2v) is 4.74. The Morgan fingerprint density at radius 3 is 2.94 bits per heavy atom. The number of aromatic nitrogens is 1. The molecule has 17 heavy (non-hydrogen) atoms. The van der Waals surface area contributed by atoms with Gasteiger partial charge in [-0.3, -0.25) is 9.78 Å². The number of halogens is 1. The SMILES string of the molecule is O=C(c1ccncc1)N1CCCC1CCCCl. The van der Waals surface area contributed by atoms with Crippen LogP contribution < -0.4 is 0 Å². The molecule has 0 aromatic carbocycles. The summed E-state index contributed by atoms with van der Waals surface area (Å²) < 4.78 is 0. The van der Waals surface area contributed by atoms with E-state index < -0.39 is 0 Å². The van der Waals surface area contributed by atoms with Crippen molar-refractivity contribution in [2.45, 2.75) is 31.7 Å². The van der Waals surface area contributed by atoms with Crippen LogP contribution in [0.25, 0.3) is 0 Å². The number of hydrogen-bond acceptors (Lipinski definition) is 2. The zero-order chi connectivity index (χ0) is 12.1. The van der Waals surface area contributed by atoms with Gasteiger partial charge in [-0.25, -0.2) is 0 Å². The lowest BCUT2D eigenvalue weighted by molar-refractivity contribution is 0.0730. The van der Waals surface area contributed by atoms with Crippen molar-refractivity contribution < 1.29 is 4.79 Å².